The maximum absolute atomic E-state index is 11.2. The van der Waals surface area contributed by atoms with Crippen LogP contribution in [0.5, 0.6) is 5.75 Å². The van der Waals surface area contributed by atoms with Crippen LogP contribution in [0, 0.1) is 35.5 Å². The third kappa shape index (κ3) is 4.38. The van der Waals surface area contributed by atoms with E-state index < -0.39 is 12.1 Å². The zero-order valence-electron chi connectivity index (χ0n) is 20.6. The van der Waals surface area contributed by atoms with Gasteiger partial charge in [0.2, 0.25) is 0 Å². The smallest absolute Gasteiger partial charge is 0.307 e. The molecule has 2 aliphatic carbocycles. The molecule has 2 N–H and O–H groups in total. The summed E-state index contributed by atoms with van der Waals surface area (Å²) >= 11 is 0. The minimum absolute atomic E-state index is 0.106. The molecule has 1 aromatic carbocycles. The van der Waals surface area contributed by atoms with Crippen LogP contribution in [0.15, 0.2) is 55.3 Å². The summed E-state index contributed by atoms with van der Waals surface area (Å²) in [6.07, 6.45) is 10.9. The van der Waals surface area contributed by atoms with Crippen LogP contribution in [0.2, 0.25) is 0 Å². The van der Waals surface area contributed by atoms with Crippen LogP contribution in [0.1, 0.15) is 37.9 Å². The maximum Gasteiger partial charge on any atom is 0.307 e. The number of pyridine rings is 1. The van der Waals surface area contributed by atoms with Gasteiger partial charge in [-0.2, -0.15) is 0 Å². The van der Waals surface area contributed by atoms with Crippen molar-refractivity contribution >= 4 is 16.9 Å². The van der Waals surface area contributed by atoms with E-state index in [-0.39, 0.29) is 12.0 Å². The molecule has 0 amide bonds. The van der Waals surface area contributed by atoms with Gasteiger partial charge in [0.15, 0.2) is 0 Å². The van der Waals surface area contributed by atoms with Gasteiger partial charge in [0, 0.05) is 24.2 Å². The summed E-state index contributed by atoms with van der Waals surface area (Å²) in [5.41, 5.74) is 1.85. The number of ether oxygens (including phenoxy) is 1. The molecular weight excluding hydrogens is 440 g/mol. The number of rotatable bonds is 5. The van der Waals surface area contributed by atoms with Gasteiger partial charge in [0.25, 0.3) is 0 Å². The molecule has 0 radical (unpaired) electrons. The lowest BCUT2D eigenvalue weighted by atomic mass is 9.73. The fourth-order valence-electron chi connectivity index (χ4n) is 6.92. The predicted octanol–water partition coefficient (Wildman–Crippen LogP) is 4.70. The van der Waals surface area contributed by atoms with Gasteiger partial charge in [0.05, 0.1) is 24.6 Å². The topological polar surface area (TPSA) is 82.9 Å². The Hall–Kier alpha value is -2.70. The number of carboxylic acid groups (broad SMARTS) is 1. The number of benzene rings is 1. The Bertz CT molecular complexity index is 1130. The molecular formula is C29H36N2O4. The van der Waals surface area contributed by atoms with Crippen LogP contribution in [-0.4, -0.2) is 52.3 Å². The van der Waals surface area contributed by atoms with Gasteiger partial charge in [-0.05, 0) is 85.2 Å². The number of aromatic nitrogens is 1. The number of methoxy groups -OCH3 is 1. The summed E-state index contributed by atoms with van der Waals surface area (Å²) < 4.78 is 5.35. The van der Waals surface area contributed by atoms with Crippen LogP contribution >= 0.6 is 0 Å². The van der Waals surface area contributed by atoms with E-state index in [1.165, 1.54) is 6.42 Å². The Morgan fingerprint density at radius 1 is 1.26 bits per heavy atom. The van der Waals surface area contributed by atoms with Crippen molar-refractivity contribution in [3.63, 3.8) is 0 Å². The van der Waals surface area contributed by atoms with Gasteiger partial charge in [0.1, 0.15) is 5.75 Å². The zero-order valence-corrected chi connectivity index (χ0v) is 20.6. The molecule has 186 valence electrons. The van der Waals surface area contributed by atoms with Crippen molar-refractivity contribution in [3.05, 3.63) is 60.8 Å². The summed E-state index contributed by atoms with van der Waals surface area (Å²) in [6.45, 7) is 8.12. The standard InChI is InChI=1S/C20H24N2O2.C9H12O2/c1-3-13-12-22-9-7-14(13)10-19(22)20(23)16-6-8-21-18-5-4-15(24-2)11-17(16)18;1-5-6-2-3-7(4-6)8(5)9(10)11/h3-6,8,11,13-14,19-20,23H,1,7,9-10,12H2,2H3;2-3,5-8H,4H2,1H3,(H,10,11). The molecule has 4 bridgehead atoms. The number of allylic oxidation sites excluding steroid dienone is 2. The fourth-order valence-corrected chi connectivity index (χ4v) is 6.92. The van der Waals surface area contributed by atoms with E-state index in [4.69, 9.17) is 9.84 Å². The van der Waals surface area contributed by atoms with Gasteiger partial charge < -0.3 is 14.9 Å². The lowest BCUT2D eigenvalue weighted by Gasteiger charge is -2.50. The highest BCUT2D eigenvalue weighted by molar-refractivity contribution is 5.84. The second kappa shape index (κ2) is 9.75. The number of nitrogens with zero attached hydrogens (tertiary/aromatic N) is 2. The first kappa shape index (κ1) is 24.0. The molecule has 0 spiro atoms. The Balaban J connectivity index is 0.000000192. The highest BCUT2D eigenvalue weighted by Gasteiger charge is 2.45. The minimum atomic E-state index is -0.616. The third-order valence-corrected chi connectivity index (χ3v) is 8.96. The van der Waals surface area contributed by atoms with E-state index in [0.29, 0.717) is 29.6 Å². The summed E-state index contributed by atoms with van der Waals surface area (Å²) in [7, 11) is 1.66. The molecule has 9 atom stereocenters. The molecule has 1 aromatic heterocycles. The van der Waals surface area contributed by atoms with Crippen molar-refractivity contribution < 1.29 is 19.7 Å². The fraction of sp³-hybridized carbons (Fsp3) is 0.517. The third-order valence-electron chi connectivity index (χ3n) is 8.96. The van der Waals surface area contributed by atoms with Gasteiger partial charge in [-0.15, -0.1) is 6.58 Å². The second-order valence-electron chi connectivity index (χ2n) is 10.6. The van der Waals surface area contributed by atoms with Crippen LogP contribution < -0.4 is 4.74 Å². The van der Waals surface area contributed by atoms with E-state index in [0.717, 1.165) is 48.1 Å². The normalized spacial score (nSPS) is 35.4. The van der Waals surface area contributed by atoms with E-state index in [9.17, 15) is 9.90 Å². The summed E-state index contributed by atoms with van der Waals surface area (Å²) in [6, 6.07) is 7.96. The van der Waals surface area contributed by atoms with Crippen LogP contribution in [0.25, 0.3) is 10.9 Å². The molecule has 6 nitrogen and oxygen atoms in total. The number of hydrogen-bond acceptors (Lipinski definition) is 5. The number of piperidine rings is 3. The van der Waals surface area contributed by atoms with Gasteiger partial charge in [-0.25, -0.2) is 0 Å². The van der Waals surface area contributed by atoms with E-state index >= 15 is 0 Å². The molecule has 2 aromatic rings. The Kier molecular flexibility index (Phi) is 6.69. The largest absolute Gasteiger partial charge is 0.497 e. The van der Waals surface area contributed by atoms with E-state index in [1.54, 1.807) is 13.3 Å². The van der Waals surface area contributed by atoms with Gasteiger partial charge >= 0.3 is 5.97 Å². The monoisotopic (exact) mass is 476 g/mol. The lowest BCUT2D eigenvalue weighted by molar-refractivity contribution is -0.144. The quantitative estimate of drug-likeness (QED) is 0.609. The lowest BCUT2D eigenvalue weighted by Crippen LogP contribution is -2.54. The molecule has 7 rings (SSSR count). The van der Waals surface area contributed by atoms with Crippen LogP contribution in [0.3, 0.4) is 0 Å². The first-order valence-corrected chi connectivity index (χ1v) is 12.8. The molecule has 3 aliphatic heterocycles. The van der Waals surface area contributed by atoms with E-state index in [2.05, 4.69) is 34.7 Å². The molecule has 35 heavy (non-hydrogen) atoms. The number of aliphatic carboxylic acids is 1. The van der Waals surface area contributed by atoms with Crippen LogP contribution in [-0.2, 0) is 4.79 Å². The molecule has 3 saturated heterocycles. The molecule has 6 heteroatoms. The number of hydrogen-bond donors (Lipinski definition) is 2. The number of fused-ring (bicyclic) bond motifs is 6. The highest BCUT2D eigenvalue weighted by Crippen LogP contribution is 2.47. The molecule has 4 heterocycles. The molecule has 1 saturated carbocycles. The molecule has 9 unspecified atom stereocenters. The van der Waals surface area contributed by atoms with Crippen molar-refractivity contribution in [2.45, 2.75) is 38.3 Å². The number of carboxylic acids is 1. The van der Waals surface area contributed by atoms with Crippen molar-refractivity contribution in [2.75, 3.05) is 20.2 Å². The Labute approximate surface area is 207 Å². The second-order valence-corrected chi connectivity index (χ2v) is 10.6. The zero-order chi connectivity index (χ0) is 24.7. The summed E-state index contributed by atoms with van der Waals surface area (Å²) in [4.78, 5) is 17.6. The molecule has 5 aliphatic rings. The minimum Gasteiger partial charge on any atom is -0.497 e. The van der Waals surface area contributed by atoms with Crippen molar-refractivity contribution in [3.8, 4) is 5.75 Å². The predicted molar refractivity (Wildman–Crippen MR) is 136 cm³/mol. The summed E-state index contributed by atoms with van der Waals surface area (Å²) in [5, 5.41) is 21.0. The van der Waals surface area contributed by atoms with E-state index in [1.807, 2.05) is 31.2 Å². The van der Waals surface area contributed by atoms with Crippen molar-refractivity contribution in [1.82, 2.24) is 9.88 Å². The Morgan fingerprint density at radius 2 is 2.06 bits per heavy atom. The van der Waals surface area contributed by atoms with Crippen molar-refractivity contribution in [1.29, 1.82) is 0 Å². The highest BCUT2D eigenvalue weighted by atomic mass is 16.5. The first-order valence-electron chi connectivity index (χ1n) is 12.8. The van der Waals surface area contributed by atoms with Crippen molar-refractivity contribution in [2.24, 2.45) is 35.5 Å². The average Bonchev–Trinajstić information content (AvgIpc) is 3.49. The number of aliphatic hydroxyl groups excluding tert-OH is 1. The number of aliphatic hydroxyl groups is 1. The average molecular weight is 477 g/mol. The van der Waals surface area contributed by atoms with Crippen LogP contribution in [0.4, 0.5) is 0 Å². The van der Waals surface area contributed by atoms with Gasteiger partial charge in [-0.3, -0.25) is 14.7 Å². The Morgan fingerprint density at radius 3 is 2.66 bits per heavy atom. The van der Waals surface area contributed by atoms with Gasteiger partial charge in [-0.1, -0.05) is 25.2 Å². The number of carbonyl (C=O) groups is 1. The molecule has 4 fully saturated rings. The summed E-state index contributed by atoms with van der Waals surface area (Å²) in [5.74, 6) is 2.50. The SMILES string of the molecule is C=CC1CN2CCC1CC2C(O)c1ccnc2ccc(OC)cc12.CC1C2C=CC(C2)C1C(=O)O. The maximum atomic E-state index is 11.2. The first-order chi connectivity index (χ1) is 16.9.